The zero-order chi connectivity index (χ0) is 19.2. The molecule has 3 rings (SSSR count). The van der Waals surface area contributed by atoms with Gasteiger partial charge in [-0.2, -0.15) is 0 Å². The van der Waals surface area contributed by atoms with Crippen LogP contribution in [0.3, 0.4) is 0 Å². The summed E-state index contributed by atoms with van der Waals surface area (Å²) >= 11 is 14.9. The fraction of sp³-hybridized carbons (Fsp3) is 0.167. The number of amides is 1. The molecule has 0 fully saturated rings. The standard InChI is InChI=1S/C18H15Cl2N3O2S2/c19-14-4-3-11(6-15(14)20)10-27-18-22-12(8-17(25)23-18)7-16(24)21-9-13-2-1-5-26-13/h1-6,8H,7,9-10H2,(H,21,24)(H,22,23,25). The Morgan fingerprint density at radius 1 is 1.22 bits per heavy atom. The third-order valence-electron chi connectivity index (χ3n) is 3.51. The number of hydrogen-bond donors (Lipinski definition) is 2. The minimum atomic E-state index is -0.289. The number of thioether (sulfide) groups is 1. The summed E-state index contributed by atoms with van der Waals surface area (Å²) in [5, 5.41) is 6.21. The van der Waals surface area contributed by atoms with E-state index in [1.165, 1.54) is 17.8 Å². The van der Waals surface area contributed by atoms with Gasteiger partial charge in [0.1, 0.15) is 0 Å². The van der Waals surface area contributed by atoms with Gasteiger partial charge in [0.2, 0.25) is 5.91 Å². The van der Waals surface area contributed by atoms with Crippen LogP contribution in [-0.4, -0.2) is 15.9 Å². The summed E-state index contributed by atoms with van der Waals surface area (Å²) in [7, 11) is 0. The summed E-state index contributed by atoms with van der Waals surface area (Å²) in [6.07, 6.45) is 0.0512. The van der Waals surface area contributed by atoms with Gasteiger partial charge in [-0.3, -0.25) is 9.59 Å². The van der Waals surface area contributed by atoms with E-state index in [0.29, 0.717) is 33.2 Å². The molecule has 9 heteroatoms. The SMILES string of the molecule is O=C(Cc1cc(=O)[nH]c(SCc2ccc(Cl)c(Cl)c2)n1)NCc1cccs1. The van der Waals surface area contributed by atoms with Crippen LogP contribution in [0.2, 0.25) is 10.0 Å². The molecule has 2 N–H and O–H groups in total. The maximum atomic E-state index is 12.1. The minimum absolute atomic E-state index is 0.0512. The van der Waals surface area contributed by atoms with Crippen molar-refractivity contribution < 1.29 is 4.79 Å². The van der Waals surface area contributed by atoms with Crippen LogP contribution in [0.4, 0.5) is 0 Å². The summed E-state index contributed by atoms with van der Waals surface area (Å²) < 4.78 is 0. The Hall–Kier alpha value is -1.80. The number of aromatic amines is 1. The lowest BCUT2D eigenvalue weighted by Crippen LogP contribution is -2.25. The van der Waals surface area contributed by atoms with Crippen molar-refractivity contribution in [3.63, 3.8) is 0 Å². The molecule has 0 aliphatic rings. The Bertz CT molecular complexity index is 991. The molecule has 0 saturated heterocycles. The summed E-state index contributed by atoms with van der Waals surface area (Å²) in [5.74, 6) is 0.385. The first-order chi connectivity index (χ1) is 13.0. The van der Waals surface area contributed by atoms with Crippen LogP contribution in [0.15, 0.2) is 51.7 Å². The van der Waals surface area contributed by atoms with Crippen LogP contribution in [0.25, 0.3) is 0 Å². The molecule has 27 heavy (non-hydrogen) atoms. The molecule has 0 atom stereocenters. The molecular formula is C18H15Cl2N3O2S2. The van der Waals surface area contributed by atoms with Crippen molar-refractivity contribution in [3.05, 3.63) is 78.3 Å². The number of halogens is 2. The normalized spacial score (nSPS) is 10.7. The second kappa shape index (κ2) is 9.41. The average Bonchev–Trinajstić information content (AvgIpc) is 3.14. The van der Waals surface area contributed by atoms with Crippen molar-refractivity contribution in [1.29, 1.82) is 0 Å². The lowest BCUT2D eigenvalue weighted by atomic mass is 10.2. The van der Waals surface area contributed by atoms with E-state index in [1.54, 1.807) is 23.5 Å². The number of H-pyrrole nitrogens is 1. The molecule has 1 aromatic carbocycles. The highest BCUT2D eigenvalue weighted by Crippen LogP contribution is 2.26. The minimum Gasteiger partial charge on any atom is -0.351 e. The van der Waals surface area contributed by atoms with Crippen LogP contribution in [0.1, 0.15) is 16.1 Å². The van der Waals surface area contributed by atoms with E-state index in [1.807, 2.05) is 23.6 Å². The third-order valence-corrected chi connectivity index (χ3v) is 6.07. The molecule has 0 radical (unpaired) electrons. The molecule has 2 aromatic heterocycles. The van der Waals surface area contributed by atoms with Gasteiger partial charge in [-0.25, -0.2) is 4.98 Å². The van der Waals surface area contributed by atoms with E-state index >= 15 is 0 Å². The number of carbonyl (C=O) groups is 1. The number of benzene rings is 1. The van der Waals surface area contributed by atoms with Crippen molar-refractivity contribution in [1.82, 2.24) is 15.3 Å². The van der Waals surface area contributed by atoms with Gasteiger partial charge in [-0.1, -0.05) is 47.1 Å². The smallest absolute Gasteiger partial charge is 0.251 e. The number of nitrogens with one attached hydrogen (secondary N) is 2. The molecule has 5 nitrogen and oxygen atoms in total. The number of nitrogens with zero attached hydrogens (tertiary/aromatic N) is 1. The Morgan fingerprint density at radius 2 is 2.07 bits per heavy atom. The Labute approximate surface area is 174 Å². The van der Waals surface area contributed by atoms with Crippen LogP contribution < -0.4 is 10.9 Å². The highest BCUT2D eigenvalue weighted by molar-refractivity contribution is 7.98. The maximum absolute atomic E-state index is 12.1. The summed E-state index contributed by atoms with van der Waals surface area (Å²) in [6, 6.07) is 10.6. The molecule has 0 saturated carbocycles. The van der Waals surface area contributed by atoms with Gasteiger partial charge in [-0.15, -0.1) is 11.3 Å². The molecule has 0 bridgehead atoms. The van der Waals surface area contributed by atoms with Crippen molar-refractivity contribution in [2.24, 2.45) is 0 Å². The first-order valence-corrected chi connectivity index (χ1v) is 10.6. The average molecular weight is 440 g/mol. The van der Waals surface area contributed by atoms with E-state index in [9.17, 15) is 9.59 Å². The van der Waals surface area contributed by atoms with E-state index in [-0.39, 0.29) is 17.9 Å². The molecule has 3 aromatic rings. The molecule has 0 spiro atoms. The van der Waals surface area contributed by atoms with Crippen LogP contribution in [0.5, 0.6) is 0 Å². The zero-order valence-electron chi connectivity index (χ0n) is 14.0. The number of carbonyl (C=O) groups excluding carboxylic acids is 1. The molecule has 1 amide bonds. The fourth-order valence-corrected chi connectivity index (χ4v) is 4.05. The van der Waals surface area contributed by atoms with Crippen molar-refractivity contribution in [2.75, 3.05) is 0 Å². The first-order valence-electron chi connectivity index (χ1n) is 7.95. The van der Waals surface area contributed by atoms with Gasteiger partial charge >= 0.3 is 0 Å². The van der Waals surface area contributed by atoms with Gasteiger partial charge in [0.15, 0.2) is 5.16 Å². The molecule has 0 aliphatic carbocycles. The number of aromatic nitrogens is 2. The van der Waals surface area contributed by atoms with E-state index in [4.69, 9.17) is 23.2 Å². The first kappa shape index (κ1) is 19.9. The fourth-order valence-electron chi connectivity index (χ4n) is 2.25. The van der Waals surface area contributed by atoms with Gasteiger partial charge in [0, 0.05) is 16.7 Å². The largest absolute Gasteiger partial charge is 0.351 e. The van der Waals surface area contributed by atoms with Crippen LogP contribution in [0, 0.1) is 0 Å². The van der Waals surface area contributed by atoms with Gasteiger partial charge in [-0.05, 0) is 29.1 Å². The number of thiophene rings is 1. The van der Waals surface area contributed by atoms with Crippen molar-refractivity contribution in [3.8, 4) is 0 Å². The van der Waals surface area contributed by atoms with Crippen molar-refractivity contribution in [2.45, 2.75) is 23.9 Å². The molecule has 0 unspecified atom stereocenters. The van der Waals surface area contributed by atoms with Gasteiger partial charge < -0.3 is 10.3 Å². The van der Waals surface area contributed by atoms with Crippen LogP contribution >= 0.6 is 46.3 Å². The summed E-state index contributed by atoms with van der Waals surface area (Å²) in [5.41, 5.74) is 1.10. The highest BCUT2D eigenvalue weighted by atomic mass is 35.5. The van der Waals surface area contributed by atoms with E-state index in [2.05, 4.69) is 15.3 Å². The predicted molar refractivity (Wildman–Crippen MR) is 111 cm³/mol. The highest BCUT2D eigenvalue weighted by Gasteiger charge is 2.09. The quantitative estimate of drug-likeness (QED) is 0.425. The Balaban J connectivity index is 1.60. The predicted octanol–water partition coefficient (Wildman–Crippen LogP) is 4.29. The Morgan fingerprint density at radius 3 is 2.81 bits per heavy atom. The second-order valence-electron chi connectivity index (χ2n) is 5.61. The Kier molecular flexibility index (Phi) is 6.95. The van der Waals surface area contributed by atoms with Crippen LogP contribution in [-0.2, 0) is 23.5 Å². The summed E-state index contributed by atoms with van der Waals surface area (Å²) in [4.78, 5) is 32.1. The molecule has 140 valence electrons. The second-order valence-corrected chi connectivity index (χ2v) is 8.42. The number of rotatable bonds is 7. The van der Waals surface area contributed by atoms with Gasteiger partial charge in [0.05, 0.1) is 28.7 Å². The number of hydrogen-bond acceptors (Lipinski definition) is 5. The zero-order valence-corrected chi connectivity index (χ0v) is 17.1. The molecular weight excluding hydrogens is 425 g/mol. The monoisotopic (exact) mass is 439 g/mol. The van der Waals surface area contributed by atoms with E-state index < -0.39 is 0 Å². The lowest BCUT2D eigenvalue weighted by molar-refractivity contribution is -0.120. The van der Waals surface area contributed by atoms with Gasteiger partial charge in [0.25, 0.3) is 5.56 Å². The maximum Gasteiger partial charge on any atom is 0.251 e. The lowest BCUT2D eigenvalue weighted by Gasteiger charge is -2.06. The third kappa shape index (κ3) is 6.10. The summed E-state index contributed by atoms with van der Waals surface area (Å²) in [6.45, 7) is 0.471. The molecule has 2 heterocycles. The van der Waals surface area contributed by atoms with Crippen molar-refractivity contribution >= 4 is 52.2 Å². The van der Waals surface area contributed by atoms with E-state index in [0.717, 1.165) is 10.4 Å². The molecule has 0 aliphatic heterocycles. The topological polar surface area (TPSA) is 74.8 Å².